The highest BCUT2D eigenvalue weighted by Gasteiger charge is 2.32. The SMILES string of the molecule is Cc1ccc(S(=O)(=O)N2CCC(c3nc(C(=O)NC4Cc5ccccc5C4)cs3)CC2)cc1Cl. The van der Waals surface area contributed by atoms with Crippen LogP contribution in [-0.4, -0.2) is 42.7 Å². The molecule has 1 aliphatic heterocycles. The zero-order chi connectivity index (χ0) is 23.9. The number of carbonyl (C=O) groups excluding carboxylic acids is 1. The molecule has 9 heteroatoms. The molecule has 0 atom stereocenters. The Labute approximate surface area is 209 Å². The van der Waals surface area contributed by atoms with Crippen molar-refractivity contribution in [1.29, 1.82) is 0 Å². The highest BCUT2D eigenvalue weighted by atomic mass is 35.5. The minimum Gasteiger partial charge on any atom is -0.347 e. The van der Waals surface area contributed by atoms with Crippen molar-refractivity contribution in [2.75, 3.05) is 13.1 Å². The average Bonchev–Trinajstić information content (AvgIpc) is 3.48. The Kier molecular flexibility index (Phi) is 6.50. The van der Waals surface area contributed by atoms with Gasteiger partial charge in [0.2, 0.25) is 10.0 Å². The predicted octanol–water partition coefficient (Wildman–Crippen LogP) is 4.57. The summed E-state index contributed by atoms with van der Waals surface area (Å²) in [5, 5.41) is 6.28. The van der Waals surface area contributed by atoms with Gasteiger partial charge in [-0.2, -0.15) is 4.31 Å². The first-order chi connectivity index (χ1) is 16.3. The van der Waals surface area contributed by atoms with E-state index in [1.807, 2.05) is 24.4 Å². The predicted molar refractivity (Wildman–Crippen MR) is 134 cm³/mol. The van der Waals surface area contributed by atoms with Crippen LogP contribution in [-0.2, 0) is 22.9 Å². The van der Waals surface area contributed by atoms with Gasteiger partial charge in [-0.05, 0) is 61.4 Å². The fourth-order valence-corrected chi connectivity index (χ4v) is 7.44. The summed E-state index contributed by atoms with van der Waals surface area (Å²) in [6.07, 6.45) is 3.03. The number of piperidine rings is 1. The number of rotatable bonds is 5. The third-order valence-electron chi connectivity index (χ3n) is 6.73. The summed E-state index contributed by atoms with van der Waals surface area (Å²) in [5.41, 5.74) is 3.88. The Bertz CT molecular complexity index is 1310. The first-order valence-electron chi connectivity index (χ1n) is 11.4. The summed E-state index contributed by atoms with van der Waals surface area (Å²) >= 11 is 7.63. The lowest BCUT2D eigenvalue weighted by atomic mass is 9.99. The van der Waals surface area contributed by atoms with Crippen LogP contribution in [0.15, 0.2) is 52.7 Å². The van der Waals surface area contributed by atoms with Crippen LogP contribution < -0.4 is 5.32 Å². The van der Waals surface area contributed by atoms with Gasteiger partial charge < -0.3 is 5.32 Å². The number of carbonyl (C=O) groups is 1. The zero-order valence-electron chi connectivity index (χ0n) is 18.8. The van der Waals surface area contributed by atoms with Crippen LogP contribution in [0.5, 0.6) is 0 Å². The standard InChI is InChI=1S/C25H26ClN3O3S2/c1-16-6-7-21(14-22(16)26)34(31,32)29-10-8-17(9-11-29)25-28-23(15-33-25)24(30)27-20-12-18-4-2-3-5-19(18)13-20/h2-7,14-15,17,20H,8-13H2,1H3,(H,27,30). The Hall–Kier alpha value is -2.26. The average molecular weight is 516 g/mol. The molecule has 6 nitrogen and oxygen atoms in total. The van der Waals surface area contributed by atoms with Crippen molar-refractivity contribution in [3.63, 3.8) is 0 Å². The number of sulfonamides is 1. The maximum Gasteiger partial charge on any atom is 0.270 e. The molecule has 5 rings (SSSR count). The fourth-order valence-electron chi connectivity index (χ4n) is 4.73. The summed E-state index contributed by atoms with van der Waals surface area (Å²) in [5.74, 6) is 0.00640. The fraction of sp³-hybridized carbons (Fsp3) is 0.360. The van der Waals surface area contributed by atoms with Gasteiger partial charge >= 0.3 is 0 Å². The summed E-state index contributed by atoms with van der Waals surface area (Å²) < 4.78 is 27.6. The van der Waals surface area contributed by atoms with Crippen molar-refractivity contribution in [3.8, 4) is 0 Å². The molecule has 1 aliphatic carbocycles. The van der Waals surface area contributed by atoms with E-state index >= 15 is 0 Å². The number of amides is 1. The summed E-state index contributed by atoms with van der Waals surface area (Å²) in [6, 6.07) is 13.2. The van der Waals surface area contributed by atoms with E-state index in [2.05, 4.69) is 22.4 Å². The normalized spacial score (nSPS) is 17.6. The van der Waals surface area contributed by atoms with Crippen LogP contribution in [0.4, 0.5) is 0 Å². The largest absolute Gasteiger partial charge is 0.347 e. The van der Waals surface area contributed by atoms with Gasteiger partial charge in [0.05, 0.1) is 9.90 Å². The van der Waals surface area contributed by atoms with Crippen LogP contribution in [0.2, 0.25) is 5.02 Å². The van der Waals surface area contributed by atoms with Crippen molar-refractivity contribution in [3.05, 3.63) is 80.3 Å². The maximum atomic E-state index is 13.0. The van der Waals surface area contributed by atoms with E-state index in [-0.39, 0.29) is 22.8 Å². The van der Waals surface area contributed by atoms with E-state index < -0.39 is 10.0 Å². The summed E-state index contributed by atoms with van der Waals surface area (Å²) in [4.78, 5) is 17.6. The molecular formula is C25H26ClN3O3S2. The molecule has 0 spiro atoms. The van der Waals surface area contributed by atoms with Gasteiger partial charge in [-0.3, -0.25) is 4.79 Å². The Morgan fingerprint density at radius 2 is 1.79 bits per heavy atom. The van der Waals surface area contributed by atoms with Crippen LogP contribution in [0, 0.1) is 6.92 Å². The van der Waals surface area contributed by atoms with E-state index in [9.17, 15) is 13.2 Å². The molecule has 1 aromatic heterocycles. The number of benzene rings is 2. The van der Waals surface area contributed by atoms with Gasteiger partial charge in [0.1, 0.15) is 5.69 Å². The van der Waals surface area contributed by atoms with E-state index in [1.54, 1.807) is 12.1 Å². The van der Waals surface area contributed by atoms with E-state index in [4.69, 9.17) is 11.6 Å². The third-order valence-corrected chi connectivity index (χ3v) is 10.0. The molecule has 0 unspecified atom stereocenters. The van der Waals surface area contributed by atoms with Crippen molar-refractivity contribution in [1.82, 2.24) is 14.6 Å². The van der Waals surface area contributed by atoms with Gasteiger partial charge in [-0.15, -0.1) is 11.3 Å². The van der Waals surface area contributed by atoms with Crippen molar-refractivity contribution >= 4 is 38.9 Å². The molecule has 1 fully saturated rings. The third kappa shape index (κ3) is 4.64. The molecule has 0 saturated carbocycles. The number of nitrogens with zero attached hydrogens (tertiary/aromatic N) is 2. The van der Waals surface area contributed by atoms with E-state index in [1.165, 1.54) is 32.8 Å². The molecule has 3 aromatic rings. The minimum atomic E-state index is -3.58. The number of halogens is 1. The Morgan fingerprint density at radius 3 is 2.44 bits per heavy atom. The second kappa shape index (κ2) is 9.41. The lowest BCUT2D eigenvalue weighted by Crippen LogP contribution is -2.38. The highest BCUT2D eigenvalue weighted by molar-refractivity contribution is 7.89. The molecule has 34 heavy (non-hydrogen) atoms. The van der Waals surface area contributed by atoms with Crippen molar-refractivity contribution < 1.29 is 13.2 Å². The van der Waals surface area contributed by atoms with Crippen molar-refractivity contribution in [2.45, 2.75) is 49.5 Å². The molecule has 2 heterocycles. The van der Waals surface area contributed by atoms with Gasteiger partial charge in [0.25, 0.3) is 5.91 Å². The second-order valence-corrected chi connectivity index (χ2v) is 12.2. The van der Waals surface area contributed by atoms with E-state index in [0.717, 1.165) is 23.4 Å². The lowest BCUT2D eigenvalue weighted by molar-refractivity contribution is 0.0934. The van der Waals surface area contributed by atoms with Gasteiger partial charge in [0.15, 0.2) is 0 Å². The number of hydrogen-bond acceptors (Lipinski definition) is 5. The first-order valence-corrected chi connectivity index (χ1v) is 14.1. The molecule has 1 amide bonds. The van der Waals surface area contributed by atoms with Crippen molar-refractivity contribution in [2.24, 2.45) is 0 Å². The number of aryl methyl sites for hydroxylation is 1. The Balaban J connectivity index is 1.19. The van der Waals surface area contributed by atoms with Gasteiger partial charge in [-0.25, -0.2) is 13.4 Å². The second-order valence-electron chi connectivity index (χ2n) is 9.01. The molecule has 0 bridgehead atoms. The van der Waals surface area contributed by atoms with Crippen LogP contribution >= 0.6 is 22.9 Å². The lowest BCUT2D eigenvalue weighted by Gasteiger charge is -2.30. The molecule has 2 aromatic carbocycles. The van der Waals surface area contributed by atoms with Crippen LogP contribution in [0.3, 0.4) is 0 Å². The number of fused-ring (bicyclic) bond motifs is 1. The highest BCUT2D eigenvalue weighted by Crippen LogP contribution is 2.33. The molecule has 178 valence electrons. The molecule has 1 N–H and O–H groups in total. The molecule has 0 radical (unpaired) electrons. The first kappa shape index (κ1) is 23.5. The van der Waals surface area contributed by atoms with Gasteiger partial charge in [-0.1, -0.05) is 41.9 Å². The van der Waals surface area contributed by atoms with Crippen LogP contribution in [0.25, 0.3) is 0 Å². The number of nitrogens with one attached hydrogen (secondary N) is 1. The zero-order valence-corrected chi connectivity index (χ0v) is 21.2. The summed E-state index contributed by atoms with van der Waals surface area (Å²) in [7, 11) is -3.58. The molecule has 1 saturated heterocycles. The number of aromatic nitrogens is 1. The topological polar surface area (TPSA) is 79.4 Å². The van der Waals surface area contributed by atoms with Gasteiger partial charge in [0, 0.05) is 35.5 Å². The quantitative estimate of drug-likeness (QED) is 0.540. The van der Waals surface area contributed by atoms with E-state index in [0.29, 0.717) is 36.6 Å². The summed E-state index contributed by atoms with van der Waals surface area (Å²) in [6.45, 7) is 2.68. The molecular weight excluding hydrogens is 490 g/mol. The smallest absolute Gasteiger partial charge is 0.270 e. The maximum absolute atomic E-state index is 13.0. The number of hydrogen-bond donors (Lipinski definition) is 1. The Morgan fingerprint density at radius 1 is 1.12 bits per heavy atom. The van der Waals surface area contributed by atoms with Crippen LogP contribution in [0.1, 0.15) is 50.9 Å². The monoisotopic (exact) mass is 515 g/mol. The molecule has 2 aliphatic rings. The minimum absolute atomic E-state index is 0.0961. The number of thiazole rings is 1.